The molecule has 2 saturated carbocycles. The summed E-state index contributed by atoms with van der Waals surface area (Å²) < 4.78 is 0. The van der Waals surface area contributed by atoms with Crippen LogP contribution in [-0.4, -0.2) is 6.04 Å². The molecule has 1 atom stereocenters. The molecule has 0 spiro atoms. The van der Waals surface area contributed by atoms with Crippen molar-refractivity contribution in [1.82, 2.24) is 5.43 Å². The molecule has 0 heterocycles. The summed E-state index contributed by atoms with van der Waals surface area (Å²) in [5, 5.41) is 0. The Labute approximate surface area is 116 Å². The Morgan fingerprint density at radius 2 is 1.79 bits per heavy atom. The first kappa shape index (κ1) is 13.1. The van der Waals surface area contributed by atoms with Crippen LogP contribution in [0.2, 0.25) is 0 Å². The third-order valence-electron chi connectivity index (χ3n) is 5.30. The van der Waals surface area contributed by atoms with E-state index in [0.29, 0.717) is 11.5 Å². The fourth-order valence-corrected chi connectivity index (χ4v) is 3.95. The largest absolute Gasteiger partial charge is 0.271 e. The molecule has 2 aliphatic rings. The Morgan fingerprint density at radius 1 is 1.11 bits per heavy atom. The summed E-state index contributed by atoms with van der Waals surface area (Å²) in [5.41, 5.74) is 4.96. The molecule has 104 valence electrons. The highest BCUT2D eigenvalue weighted by Crippen LogP contribution is 2.52. The molecule has 0 aliphatic heterocycles. The van der Waals surface area contributed by atoms with Crippen LogP contribution in [0.3, 0.4) is 0 Å². The van der Waals surface area contributed by atoms with Crippen molar-refractivity contribution >= 4 is 0 Å². The molecule has 0 bridgehead atoms. The van der Waals surface area contributed by atoms with Gasteiger partial charge in [-0.3, -0.25) is 11.3 Å². The van der Waals surface area contributed by atoms with Gasteiger partial charge in [0.25, 0.3) is 0 Å². The van der Waals surface area contributed by atoms with E-state index in [1.54, 1.807) is 0 Å². The van der Waals surface area contributed by atoms with Crippen LogP contribution in [0.4, 0.5) is 0 Å². The zero-order chi connectivity index (χ0) is 13.1. The number of hydrogen-bond acceptors (Lipinski definition) is 2. The van der Waals surface area contributed by atoms with Crippen molar-refractivity contribution in [3.8, 4) is 0 Å². The van der Waals surface area contributed by atoms with Gasteiger partial charge in [-0.15, -0.1) is 0 Å². The van der Waals surface area contributed by atoms with E-state index in [4.69, 9.17) is 5.84 Å². The van der Waals surface area contributed by atoms with E-state index < -0.39 is 0 Å². The molecule has 3 rings (SSSR count). The highest BCUT2D eigenvalue weighted by Gasteiger charge is 2.50. The predicted octanol–water partition coefficient (Wildman–Crippen LogP) is 3.52. The topological polar surface area (TPSA) is 38.0 Å². The summed E-state index contributed by atoms with van der Waals surface area (Å²) in [7, 11) is 0. The van der Waals surface area contributed by atoms with E-state index in [0.717, 1.165) is 5.92 Å². The van der Waals surface area contributed by atoms with Gasteiger partial charge in [-0.2, -0.15) is 0 Å². The second-order valence-electron chi connectivity index (χ2n) is 6.48. The van der Waals surface area contributed by atoms with Gasteiger partial charge in [0, 0.05) is 11.5 Å². The number of nitrogens with two attached hydrogens (primary N) is 1. The average molecular weight is 258 g/mol. The highest BCUT2D eigenvalue weighted by molar-refractivity contribution is 5.33. The van der Waals surface area contributed by atoms with Gasteiger partial charge in [0.15, 0.2) is 0 Å². The minimum atomic E-state index is 0.327. The van der Waals surface area contributed by atoms with Crippen LogP contribution in [0.5, 0.6) is 0 Å². The summed E-state index contributed by atoms with van der Waals surface area (Å²) in [6.07, 6.45) is 10.9. The number of rotatable bonds is 5. The Kier molecular flexibility index (Phi) is 3.90. The van der Waals surface area contributed by atoms with Crippen LogP contribution < -0.4 is 11.3 Å². The first-order chi connectivity index (χ1) is 9.35. The molecule has 0 radical (unpaired) electrons. The molecular formula is C17H26N2. The van der Waals surface area contributed by atoms with Gasteiger partial charge >= 0.3 is 0 Å². The Balaban J connectivity index is 1.71. The van der Waals surface area contributed by atoms with Crippen LogP contribution in [-0.2, 0) is 5.41 Å². The molecule has 2 nitrogen and oxygen atoms in total. The van der Waals surface area contributed by atoms with Crippen LogP contribution in [0.15, 0.2) is 30.3 Å². The molecule has 2 fully saturated rings. The Morgan fingerprint density at radius 3 is 2.37 bits per heavy atom. The molecule has 1 aromatic rings. The Hall–Kier alpha value is -0.860. The lowest BCUT2D eigenvalue weighted by Gasteiger charge is -2.32. The first-order valence-electron chi connectivity index (χ1n) is 7.87. The van der Waals surface area contributed by atoms with Crippen molar-refractivity contribution < 1.29 is 0 Å². The minimum Gasteiger partial charge on any atom is -0.271 e. The van der Waals surface area contributed by atoms with Crippen molar-refractivity contribution in [3.05, 3.63) is 35.9 Å². The lowest BCUT2D eigenvalue weighted by atomic mass is 9.78. The molecule has 0 amide bonds. The number of hydrogen-bond donors (Lipinski definition) is 2. The van der Waals surface area contributed by atoms with Crippen LogP contribution in [0.1, 0.15) is 56.9 Å². The maximum Gasteiger partial charge on any atom is 0.0310 e. The third kappa shape index (κ3) is 2.70. The average Bonchev–Trinajstić information content (AvgIpc) is 3.28. The molecule has 2 aliphatic carbocycles. The van der Waals surface area contributed by atoms with Crippen LogP contribution >= 0.6 is 0 Å². The standard InChI is InChI=1S/C17H26N2/c18-19-16(13-14-7-3-1-4-8-14)17(11-12-17)15-9-5-2-6-10-15/h2,5-6,9-10,14,16,19H,1,3-4,7-8,11-13,18H2. The SMILES string of the molecule is NNC(CC1CCCCC1)C1(c2ccccc2)CC1. The van der Waals surface area contributed by atoms with Crippen molar-refractivity contribution in [2.45, 2.75) is 62.8 Å². The lowest BCUT2D eigenvalue weighted by molar-refractivity contribution is 0.271. The van der Waals surface area contributed by atoms with E-state index in [-0.39, 0.29) is 0 Å². The monoisotopic (exact) mass is 258 g/mol. The fraction of sp³-hybridized carbons (Fsp3) is 0.647. The zero-order valence-electron chi connectivity index (χ0n) is 11.8. The van der Waals surface area contributed by atoms with E-state index in [1.165, 1.54) is 56.9 Å². The fourth-order valence-electron chi connectivity index (χ4n) is 3.95. The quantitative estimate of drug-likeness (QED) is 0.626. The van der Waals surface area contributed by atoms with Gasteiger partial charge in [0.2, 0.25) is 0 Å². The predicted molar refractivity (Wildman–Crippen MR) is 79.7 cm³/mol. The maximum atomic E-state index is 5.90. The van der Waals surface area contributed by atoms with Crippen LogP contribution in [0, 0.1) is 5.92 Å². The van der Waals surface area contributed by atoms with E-state index >= 15 is 0 Å². The molecule has 0 aromatic heterocycles. The molecule has 1 aromatic carbocycles. The maximum absolute atomic E-state index is 5.90. The molecule has 3 N–H and O–H groups in total. The van der Waals surface area contributed by atoms with E-state index in [2.05, 4.69) is 35.8 Å². The van der Waals surface area contributed by atoms with Crippen molar-refractivity contribution in [3.63, 3.8) is 0 Å². The number of benzene rings is 1. The second-order valence-corrected chi connectivity index (χ2v) is 6.48. The summed E-state index contributed by atoms with van der Waals surface area (Å²) in [6.45, 7) is 0. The molecular weight excluding hydrogens is 232 g/mol. The normalized spacial score (nSPS) is 24.1. The number of nitrogens with one attached hydrogen (secondary N) is 1. The summed E-state index contributed by atoms with van der Waals surface area (Å²) in [5.74, 6) is 6.79. The molecule has 0 saturated heterocycles. The molecule has 2 heteroatoms. The van der Waals surface area contributed by atoms with Crippen molar-refractivity contribution in [2.75, 3.05) is 0 Å². The molecule has 1 unspecified atom stereocenters. The van der Waals surface area contributed by atoms with Crippen molar-refractivity contribution in [1.29, 1.82) is 0 Å². The summed E-state index contributed by atoms with van der Waals surface area (Å²) in [4.78, 5) is 0. The van der Waals surface area contributed by atoms with E-state index in [1.807, 2.05) is 0 Å². The second kappa shape index (κ2) is 5.64. The van der Waals surface area contributed by atoms with Gasteiger partial charge in [0.1, 0.15) is 0 Å². The summed E-state index contributed by atoms with van der Waals surface area (Å²) >= 11 is 0. The summed E-state index contributed by atoms with van der Waals surface area (Å²) in [6, 6.07) is 11.4. The molecule has 19 heavy (non-hydrogen) atoms. The first-order valence-corrected chi connectivity index (χ1v) is 7.87. The van der Waals surface area contributed by atoms with E-state index in [9.17, 15) is 0 Å². The van der Waals surface area contributed by atoms with Gasteiger partial charge in [-0.25, -0.2) is 0 Å². The lowest BCUT2D eigenvalue weighted by Crippen LogP contribution is -2.45. The van der Waals surface area contributed by atoms with Gasteiger partial charge in [-0.1, -0.05) is 62.4 Å². The number of hydrazine groups is 1. The van der Waals surface area contributed by atoms with Gasteiger partial charge < -0.3 is 0 Å². The van der Waals surface area contributed by atoms with Gasteiger partial charge in [-0.05, 0) is 30.7 Å². The highest BCUT2D eigenvalue weighted by atomic mass is 15.2. The smallest absolute Gasteiger partial charge is 0.0310 e. The zero-order valence-corrected chi connectivity index (χ0v) is 11.8. The van der Waals surface area contributed by atoms with Crippen LogP contribution in [0.25, 0.3) is 0 Å². The minimum absolute atomic E-state index is 0.327. The van der Waals surface area contributed by atoms with Crippen molar-refractivity contribution in [2.24, 2.45) is 11.8 Å². The van der Waals surface area contributed by atoms with Gasteiger partial charge in [0.05, 0.1) is 0 Å². The third-order valence-corrected chi connectivity index (χ3v) is 5.30. The Bertz CT molecular complexity index is 391.